The quantitative estimate of drug-likeness (QED) is 0.707. The van der Waals surface area contributed by atoms with Crippen LogP contribution in [0.4, 0.5) is 0 Å². The highest BCUT2D eigenvalue weighted by Gasteiger charge is 2.17. The number of ether oxygens (including phenoxy) is 1. The fraction of sp³-hybridized carbons (Fsp3) is 0.900. The van der Waals surface area contributed by atoms with Crippen LogP contribution in [0.5, 0.6) is 0 Å². The van der Waals surface area contributed by atoms with Gasteiger partial charge in [0.25, 0.3) is 0 Å². The van der Waals surface area contributed by atoms with Crippen LogP contribution in [-0.2, 0) is 9.53 Å². The Bertz CT molecular complexity index is 155. The van der Waals surface area contributed by atoms with Gasteiger partial charge in [0.05, 0.1) is 12.6 Å². The predicted octanol–water partition coefficient (Wildman–Crippen LogP) is 1.43. The smallest absolute Gasteiger partial charge is 0.222 e. The molecule has 0 aromatic rings. The maximum absolute atomic E-state index is 11.4. The minimum Gasteiger partial charge on any atom is -0.383 e. The van der Waals surface area contributed by atoms with Gasteiger partial charge in [-0.2, -0.15) is 0 Å². The van der Waals surface area contributed by atoms with E-state index in [0.29, 0.717) is 12.5 Å². The summed E-state index contributed by atoms with van der Waals surface area (Å²) in [6.07, 6.45) is 0. The molecular formula is C10H21NO2. The highest BCUT2D eigenvalue weighted by atomic mass is 16.5. The number of carbonyl (C=O) groups excluding carboxylic acids is 1. The van der Waals surface area contributed by atoms with E-state index in [0.717, 1.165) is 0 Å². The predicted molar refractivity (Wildman–Crippen MR) is 53.5 cm³/mol. The van der Waals surface area contributed by atoms with Gasteiger partial charge in [0, 0.05) is 13.0 Å². The Morgan fingerprint density at radius 1 is 1.31 bits per heavy atom. The van der Waals surface area contributed by atoms with E-state index < -0.39 is 0 Å². The first-order valence-electron chi connectivity index (χ1n) is 4.78. The van der Waals surface area contributed by atoms with Crippen molar-refractivity contribution in [2.75, 3.05) is 13.7 Å². The lowest BCUT2D eigenvalue weighted by molar-refractivity contribution is -0.125. The van der Waals surface area contributed by atoms with Crippen molar-refractivity contribution < 1.29 is 9.53 Å². The van der Waals surface area contributed by atoms with E-state index in [-0.39, 0.29) is 17.9 Å². The second-order valence-corrected chi connectivity index (χ2v) is 3.97. The number of carbonyl (C=O) groups is 1. The molecule has 0 aliphatic rings. The minimum absolute atomic E-state index is 0.0399. The third kappa shape index (κ3) is 4.88. The zero-order valence-electron chi connectivity index (χ0n) is 9.26. The van der Waals surface area contributed by atoms with Crippen molar-refractivity contribution in [2.24, 2.45) is 11.8 Å². The molecule has 1 amide bonds. The first-order chi connectivity index (χ1) is 5.99. The lowest BCUT2D eigenvalue weighted by Crippen LogP contribution is -2.43. The highest BCUT2D eigenvalue weighted by Crippen LogP contribution is 2.03. The molecule has 78 valence electrons. The standard InChI is InChI=1S/C10H21NO2/c1-7(2)9(6-13-5)11-10(12)8(3)4/h7-9H,6H2,1-5H3,(H,11,12). The van der Waals surface area contributed by atoms with Crippen molar-refractivity contribution in [2.45, 2.75) is 33.7 Å². The van der Waals surface area contributed by atoms with E-state index >= 15 is 0 Å². The van der Waals surface area contributed by atoms with Crippen LogP contribution in [0.3, 0.4) is 0 Å². The van der Waals surface area contributed by atoms with Crippen molar-refractivity contribution in [3.8, 4) is 0 Å². The molecule has 0 fully saturated rings. The molecule has 0 aromatic heterocycles. The Hall–Kier alpha value is -0.570. The Morgan fingerprint density at radius 2 is 1.85 bits per heavy atom. The lowest BCUT2D eigenvalue weighted by Gasteiger charge is -2.22. The second-order valence-electron chi connectivity index (χ2n) is 3.97. The highest BCUT2D eigenvalue weighted by molar-refractivity contribution is 5.78. The topological polar surface area (TPSA) is 38.3 Å². The van der Waals surface area contributed by atoms with Crippen molar-refractivity contribution in [3.63, 3.8) is 0 Å². The Labute approximate surface area is 80.8 Å². The van der Waals surface area contributed by atoms with Crippen LogP contribution in [-0.4, -0.2) is 25.7 Å². The zero-order valence-corrected chi connectivity index (χ0v) is 9.26. The van der Waals surface area contributed by atoms with Gasteiger partial charge in [0.1, 0.15) is 0 Å². The van der Waals surface area contributed by atoms with Gasteiger partial charge in [-0.05, 0) is 5.92 Å². The van der Waals surface area contributed by atoms with Gasteiger partial charge >= 0.3 is 0 Å². The molecule has 0 saturated heterocycles. The van der Waals surface area contributed by atoms with Gasteiger partial charge in [0.15, 0.2) is 0 Å². The van der Waals surface area contributed by atoms with Crippen molar-refractivity contribution in [1.82, 2.24) is 5.32 Å². The zero-order chi connectivity index (χ0) is 10.4. The molecule has 1 N–H and O–H groups in total. The molecule has 0 heterocycles. The molecule has 0 radical (unpaired) electrons. The summed E-state index contributed by atoms with van der Waals surface area (Å²) in [4.78, 5) is 11.4. The molecule has 3 nitrogen and oxygen atoms in total. The monoisotopic (exact) mass is 187 g/mol. The van der Waals surface area contributed by atoms with Crippen LogP contribution in [0.1, 0.15) is 27.7 Å². The van der Waals surface area contributed by atoms with Crippen molar-refractivity contribution in [1.29, 1.82) is 0 Å². The Morgan fingerprint density at radius 3 is 2.15 bits per heavy atom. The summed E-state index contributed by atoms with van der Waals surface area (Å²) in [5.41, 5.74) is 0. The number of methoxy groups -OCH3 is 1. The van der Waals surface area contributed by atoms with E-state index in [4.69, 9.17) is 4.74 Å². The van der Waals surface area contributed by atoms with Crippen LogP contribution in [0.25, 0.3) is 0 Å². The molecule has 13 heavy (non-hydrogen) atoms. The van der Waals surface area contributed by atoms with Crippen LogP contribution >= 0.6 is 0 Å². The maximum atomic E-state index is 11.4. The van der Waals surface area contributed by atoms with Gasteiger partial charge in [-0.15, -0.1) is 0 Å². The number of amides is 1. The molecule has 1 atom stereocenters. The second kappa shape index (κ2) is 5.97. The summed E-state index contributed by atoms with van der Waals surface area (Å²) in [5, 5.41) is 2.95. The molecule has 0 spiro atoms. The fourth-order valence-corrected chi connectivity index (χ4v) is 0.930. The fourth-order valence-electron chi connectivity index (χ4n) is 0.930. The third-order valence-electron chi connectivity index (χ3n) is 2.00. The Kier molecular flexibility index (Phi) is 5.71. The van der Waals surface area contributed by atoms with E-state index in [1.807, 2.05) is 13.8 Å². The van der Waals surface area contributed by atoms with E-state index in [2.05, 4.69) is 19.2 Å². The van der Waals surface area contributed by atoms with Gasteiger partial charge in [-0.3, -0.25) is 4.79 Å². The number of nitrogens with one attached hydrogen (secondary N) is 1. The summed E-state index contributed by atoms with van der Waals surface area (Å²) in [7, 11) is 1.65. The normalized spacial score (nSPS) is 13.5. The first kappa shape index (κ1) is 12.4. The first-order valence-corrected chi connectivity index (χ1v) is 4.78. The minimum atomic E-state index is 0.0399. The van der Waals surface area contributed by atoms with Gasteiger partial charge < -0.3 is 10.1 Å². The molecule has 0 saturated carbocycles. The van der Waals surface area contributed by atoms with Crippen LogP contribution in [0.2, 0.25) is 0 Å². The van der Waals surface area contributed by atoms with Crippen LogP contribution < -0.4 is 5.32 Å². The molecule has 0 aliphatic carbocycles. The molecule has 0 bridgehead atoms. The molecule has 0 aromatic carbocycles. The average Bonchev–Trinajstić information content (AvgIpc) is 2.03. The maximum Gasteiger partial charge on any atom is 0.222 e. The van der Waals surface area contributed by atoms with Gasteiger partial charge in [-0.25, -0.2) is 0 Å². The lowest BCUT2D eigenvalue weighted by atomic mass is 10.0. The molecule has 1 unspecified atom stereocenters. The van der Waals surface area contributed by atoms with E-state index in [1.165, 1.54) is 0 Å². The number of hydrogen-bond acceptors (Lipinski definition) is 2. The van der Waals surface area contributed by atoms with Gasteiger partial charge in [-0.1, -0.05) is 27.7 Å². The Balaban J connectivity index is 4.02. The molecule has 3 heteroatoms. The molecule has 0 rings (SSSR count). The summed E-state index contributed by atoms with van der Waals surface area (Å²) in [5.74, 6) is 0.538. The number of hydrogen-bond donors (Lipinski definition) is 1. The number of rotatable bonds is 5. The van der Waals surface area contributed by atoms with E-state index in [1.54, 1.807) is 7.11 Å². The van der Waals surface area contributed by atoms with Crippen LogP contribution in [0.15, 0.2) is 0 Å². The third-order valence-corrected chi connectivity index (χ3v) is 2.00. The SMILES string of the molecule is COCC(NC(=O)C(C)C)C(C)C. The summed E-state index contributed by atoms with van der Waals surface area (Å²) >= 11 is 0. The van der Waals surface area contributed by atoms with E-state index in [9.17, 15) is 4.79 Å². The van der Waals surface area contributed by atoms with Crippen molar-refractivity contribution in [3.05, 3.63) is 0 Å². The van der Waals surface area contributed by atoms with Crippen molar-refractivity contribution >= 4 is 5.91 Å². The summed E-state index contributed by atoms with van der Waals surface area (Å²) < 4.78 is 5.03. The van der Waals surface area contributed by atoms with Gasteiger partial charge in [0.2, 0.25) is 5.91 Å². The average molecular weight is 187 g/mol. The summed E-state index contributed by atoms with van der Waals surface area (Å²) in [6, 6.07) is 0.125. The van der Waals surface area contributed by atoms with Crippen LogP contribution in [0, 0.1) is 11.8 Å². The molecular weight excluding hydrogens is 166 g/mol. The summed E-state index contributed by atoms with van der Waals surface area (Å²) in [6.45, 7) is 8.50. The largest absolute Gasteiger partial charge is 0.383 e. The molecule has 0 aliphatic heterocycles.